The van der Waals surface area contributed by atoms with Crippen molar-refractivity contribution in [3.8, 4) is 0 Å². The third kappa shape index (κ3) is 3.78. The van der Waals surface area contributed by atoms with Gasteiger partial charge in [-0.15, -0.1) is 0 Å². The first-order valence-corrected chi connectivity index (χ1v) is 7.47. The Morgan fingerprint density at radius 1 is 1.48 bits per heavy atom. The number of aromatic amines is 1. The predicted molar refractivity (Wildman–Crippen MR) is 82.6 cm³/mol. The van der Waals surface area contributed by atoms with E-state index in [0.29, 0.717) is 28.4 Å². The third-order valence-corrected chi connectivity index (χ3v) is 3.80. The van der Waals surface area contributed by atoms with Gasteiger partial charge in [0.05, 0.1) is 17.8 Å². The molecule has 0 spiro atoms. The minimum Gasteiger partial charge on any atom is -0.359 e. The minimum atomic E-state index is -0.225. The Bertz CT molecular complexity index is 659. The summed E-state index contributed by atoms with van der Waals surface area (Å²) in [6, 6.07) is 5.33. The first-order chi connectivity index (χ1) is 10.2. The van der Waals surface area contributed by atoms with Crippen LogP contribution in [0, 0.1) is 4.64 Å². The van der Waals surface area contributed by atoms with Gasteiger partial charge in [-0.1, -0.05) is 31.2 Å². The third-order valence-electron chi connectivity index (χ3n) is 3.47. The van der Waals surface area contributed by atoms with E-state index in [1.54, 1.807) is 18.3 Å². The van der Waals surface area contributed by atoms with Gasteiger partial charge in [0, 0.05) is 18.2 Å². The number of carbonyl (C=O) groups excluding carboxylic acids is 1. The van der Waals surface area contributed by atoms with Crippen LogP contribution in [0.2, 0.25) is 0 Å². The number of nitrogens with one attached hydrogen (secondary N) is 2. The number of rotatable bonds is 6. The number of hydrogen-bond donors (Lipinski definition) is 2. The van der Waals surface area contributed by atoms with Crippen molar-refractivity contribution in [2.75, 3.05) is 0 Å². The van der Waals surface area contributed by atoms with Crippen molar-refractivity contribution in [2.45, 2.75) is 39.2 Å². The summed E-state index contributed by atoms with van der Waals surface area (Å²) in [5, 5.41) is 6.86. The highest BCUT2D eigenvalue weighted by Gasteiger charge is 2.14. The largest absolute Gasteiger partial charge is 0.359 e. The van der Waals surface area contributed by atoms with E-state index in [1.807, 2.05) is 6.07 Å². The summed E-state index contributed by atoms with van der Waals surface area (Å²) in [5.41, 5.74) is 1.40. The predicted octanol–water partition coefficient (Wildman–Crippen LogP) is 3.57. The lowest BCUT2D eigenvalue weighted by molar-refractivity contribution is 0.0946. The summed E-state index contributed by atoms with van der Waals surface area (Å²) >= 11 is 5.08. The standard InChI is InChI=1S/C15H19N3O2S/c1-3-10(4-2)13-8-11(20-18-13)9-17-14(19)12-6-5-7-16-15(12)21/h5-8,10H,3-4,9H2,1-2H3,(H,16,21)(H,17,19). The van der Waals surface area contributed by atoms with Crippen LogP contribution in [0.5, 0.6) is 0 Å². The lowest BCUT2D eigenvalue weighted by atomic mass is 9.99. The topological polar surface area (TPSA) is 70.9 Å². The second kappa shape index (κ2) is 7.17. The van der Waals surface area contributed by atoms with Gasteiger partial charge < -0.3 is 14.8 Å². The number of amides is 1. The average molecular weight is 305 g/mol. The fourth-order valence-corrected chi connectivity index (χ4v) is 2.40. The quantitative estimate of drug-likeness (QED) is 0.800. The molecule has 0 aliphatic heterocycles. The van der Waals surface area contributed by atoms with Crippen molar-refractivity contribution < 1.29 is 9.32 Å². The van der Waals surface area contributed by atoms with Gasteiger partial charge in [-0.25, -0.2) is 0 Å². The van der Waals surface area contributed by atoms with E-state index < -0.39 is 0 Å². The highest BCUT2D eigenvalue weighted by atomic mass is 32.1. The molecule has 0 unspecified atom stereocenters. The molecule has 0 radical (unpaired) electrons. The first kappa shape index (κ1) is 15.4. The summed E-state index contributed by atoms with van der Waals surface area (Å²) in [4.78, 5) is 14.9. The molecule has 6 heteroatoms. The number of hydrogen-bond acceptors (Lipinski definition) is 4. The fraction of sp³-hybridized carbons (Fsp3) is 0.400. The van der Waals surface area contributed by atoms with Crippen molar-refractivity contribution in [3.05, 3.63) is 46.1 Å². The van der Waals surface area contributed by atoms with Gasteiger partial charge in [0.1, 0.15) is 4.64 Å². The van der Waals surface area contributed by atoms with E-state index >= 15 is 0 Å². The van der Waals surface area contributed by atoms with Gasteiger partial charge in [-0.05, 0) is 25.0 Å². The first-order valence-electron chi connectivity index (χ1n) is 7.07. The molecular weight excluding hydrogens is 286 g/mol. The van der Waals surface area contributed by atoms with E-state index in [2.05, 4.69) is 29.3 Å². The van der Waals surface area contributed by atoms with Crippen LogP contribution in [0.15, 0.2) is 28.9 Å². The van der Waals surface area contributed by atoms with Gasteiger partial charge in [0.25, 0.3) is 5.91 Å². The highest BCUT2D eigenvalue weighted by Crippen LogP contribution is 2.22. The molecule has 0 aromatic carbocycles. The maximum absolute atomic E-state index is 12.0. The molecule has 0 bridgehead atoms. The molecule has 2 aromatic heterocycles. The Morgan fingerprint density at radius 2 is 2.24 bits per heavy atom. The SMILES string of the molecule is CCC(CC)c1cc(CNC(=O)c2ccc[nH]c2=S)on1. The fourth-order valence-electron chi connectivity index (χ4n) is 2.17. The summed E-state index contributed by atoms with van der Waals surface area (Å²) < 4.78 is 5.69. The molecule has 5 nitrogen and oxygen atoms in total. The summed E-state index contributed by atoms with van der Waals surface area (Å²) in [7, 11) is 0. The minimum absolute atomic E-state index is 0.225. The van der Waals surface area contributed by atoms with Gasteiger partial charge in [-0.2, -0.15) is 0 Å². The molecule has 2 N–H and O–H groups in total. The Hall–Kier alpha value is -1.95. The molecule has 2 heterocycles. The van der Waals surface area contributed by atoms with E-state index in [4.69, 9.17) is 16.7 Å². The molecule has 2 rings (SSSR count). The van der Waals surface area contributed by atoms with Crippen LogP contribution in [0.4, 0.5) is 0 Å². The summed E-state index contributed by atoms with van der Waals surface area (Å²) in [6.07, 6.45) is 3.74. The summed E-state index contributed by atoms with van der Waals surface area (Å²) in [5.74, 6) is 0.828. The van der Waals surface area contributed by atoms with Crippen LogP contribution in [0.25, 0.3) is 0 Å². The monoisotopic (exact) mass is 305 g/mol. The van der Waals surface area contributed by atoms with E-state index in [9.17, 15) is 4.79 Å². The van der Waals surface area contributed by atoms with Crippen LogP contribution in [0.3, 0.4) is 0 Å². The molecule has 21 heavy (non-hydrogen) atoms. The maximum atomic E-state index is 12.0. The van der Waals surface area contributed by atoms with Crippen molar-refractivity contribution in [1.29, 1.82) is 0 Å². The van der Waals surface area contributed by atoms with Gasteiger partial charge in [0.2, 0.25) is 0 Å². The number of nitrogens with zero attached hydrogens (tertiary/aromatic N) is 1. The Kier molecular flexibility index (Phi) is 5.27. The van der Waals surface area contributed by atoms with Crippen molar-refractivity contribution in [1.82, 2.24) is 15.5 Å². The molecule has 0 atom stereocenters. The second-order valence-electron chi connectivity index (χ2n) is 4.83. The smallest absolute Gasteiger partial charge is 0.254 e. The molecule has 0 fully saturated rings. The molecule has 112 valence electrons. The van der Waals surface area contributed by atoms with Crippen LogP contribution in [-0.4, -0.2) is 16.0 Å². The molecule has 0 saturated carbocycles. The lowest BCUT2D eigenvalue weighted by Crippen LogP contribution is -2.23. The zero-order valence-electron chi connectivity index (χ0n) is 12.2. The van der Waals surface area contributed by atoms with Crippen molar-refractivity contribution >= 4 is 18.1 Å². The van der Waals surface area contributed by atoms with Crippen LogP contribution in [-0.2, 0) is 6.54 Å². The Morgan fingerprint density at radius 3 is 2.90 bits per heavy atom. The van der Waals surface area contributed by atoms with Crippen LogP contribution >= 0.6 is 12.2 Å². The average Bonchev–Trinajstić information content (AvgIpc) is 2.95. The van der Waals surface area contributed by atoms with Crippen LogP contribution < -0.4 is 5.32 Å². The Labute approximate surface area is 128 Å². The van der Waals surface area contributed by atoms with Crippen LogP contribution in [0.1, 0.15) is 54.4 Å². The highest BCUT2D eigenvalue weighted by molar-refractivity contribution is 7.71. The summed E-state index contributed by atoms with van der Waals surface area (Å²) in [6.45, 7) is 4.55. The maximum Gasteiger partial charge on any atom is 0.254 e. The van der Waals surface area contributed by atoms with Gasteiger partial charge >= 0.3 is 0 Å². The molecule has 1 amide bonds. The van der Waals surface area contributed by atoms with E-state index in [0.717, 1.165) is 18.5 Å². The number of aromatic nitrogens is 2. The molecule has 0 aliphatic rings. The zero-order chi connectivity index (χ0) is 15.2. The molecular formula is C15H19N3O2S. The van der Waals surface area contributed by atoms with Gasteiger partial charge in [-0.3, -0.25) is 4.79 Å². The zero-order valence-corrected chi connectivity index (χ0v) is 13.0. The van der Waals surface area contributed by atoms with E-state index in [1.165, 1.54) is 0 Å². The number of carbonyl (C=O) groups is 1. The number of H-pyrrole nitrogens is 1. The molecule has 0 aliphatic carbocycles. The van der Waals surface area contributed by atoms with E-state index in [-0.39, 0.29) is 5.91 Å². The molecule has 0 saturated heterocycles. The number of pyridine rings is 1. The normalized spacial score (nSPS) is 10.8. The van der Waals surface area contributed by atoms with Crippen molar-refractivity contribution in [3.63, 3.8) is 0 Å². The molecule has 2 aromatic rings. The van der Waals surface area contributed by atoms with Gasteiger partial charge in [0.15, 0.2) is 5.76 Å². The van der Waals surface area contributed by atoms with Crippen molar-refractivity contribution in [2.24, 2.45) is 0 Å². The lowest BCUT2D eigenvalue weighted by Gasteiger charge is -2.06. The second-order valence-corrected chi connectivity index (χ2v) is 5.24. The Balaban J connectivity index is 1.99.